The van der Waals surface area contributed by atoms with Gasteiger partial charge < -0.3 is 20.1 Å². The summed E-state index contributed by atoms with van der Waals surface area (Å²) >= 11 is 0. The molecule has 0 fully saturated rings. The van der Waals surface area contributed by atoms with Gasteiger partial charge in [0.1, 0.15) is 0 Å². The molecule has 0 saturated heterocycles. The molecule has 1 aromatic heterocycles. The number of carbonyl (C=O) groups excluding carboxylic acids is 1. The van der Waals surface area contributed by atoms with E-state index in [4.69, 9.17) is 9.47 Å². The molecule has 34 heavy (non-hydrogen) atoms. The molecule has 0 aliphatic heterocycles. The molecule has 3 aromatic carbocycles. The predicted octanol–water partition coefficient (Wildman–Crippen LogP) is 4.58. The molecule has 1 amide bonds. The molecule has 0 saturated carbocycles. The van der Waals surface area contributed by atoms with E-state index in [1.54, 1.807) is 6.20 Å². The molecule has 0 aliphatic rings. The highest BCUT2D eigenvalue weighted by Gasteiger charge is 2.10. The fourth-order valence-corrected chi connectivity index (χ4v) is 3.45. The number of nitrogens with zero attached hydrogens (tertiary/aromatic N) is 2. The first kappa shape index (κ1) is 23.1. The van der Waals surface area contributed by atoms with Crippen LogP contribution in [-0.2, 0) is 17.9 Å². The van der Waals surface area contributed by atoms with Crippen molar-refractivity contribution in [2.45, 2.75) is 20.0 Å². The number of hydrogen-bond acceptors (Lipinski definition) is 5. The Balaban J connectivity index is 1.29. The highest BCUT2D eigenvalue weighted by atomic mass is 16.5. The van der Waals surface area contributed by atoms with Gasteiger partial charge in [-0.05, 0) is 60.5 Å². The summed E-state index contributed by atoms with van der Waals surface area (Å²) in [5, 5.41) is 10.5. The van der Waals surface area contributed by atoms with Gasteiger partial charge >= 0.3 is 0 Å². The van der Waals surface area contributed by atoms with Gasteiger partial charge in [-0.15, -0.1) is 0 Å². The third-order valence-corrected chi connectivity index (χ3v) is 5.09. The van der Waals surface area contributed by atoms with Crippen LogP contribution < -0.4 is 20.1 Å². The van der Waals surface area contributed by atoms with Gasteiger partial charge in [0.15, 0.2) is 18.1 Å². The quantitative estimate of drug-likeness (QED) is 0.346. The molecule has 7 nitrogen and oxygen atoms in total. The maximum Gasteiger partial charge on any atom is 0.262 e. The lowest BCUT2D eigenvalue weighted by Crippen LogP contribution is -2.20. The third-order valence-electron chi connectivity index (χ3n) is 5.09. The fraction of sp³-hybridized carbons (Fsp3) is 0.185. The van der Waals surface area contributed by atoms with Gasteiger partial charge in [0.05, 0.1) is 12.3 Å². The van der Waals surface area contributed by atoms with Crippen molar-refractivity contribution in [3.8, 4) is 17.2 Å². The van der Waals surface area contributed by atoms with Crippen LogP contribution in [-0.4, -0.2) is 28.9 Å². The Morgan fingerprint density at radius 3 is 2.38 bits per heavy atom. The van der Waals surface area contributed by atoms with Crippen molar-refractivity contribution >= 4 is 11.6 Å². The first-order chi connectivity index (χ1) is 16.7. The fourth-order valence-electron chi connectivity index (χ4n) is 3.45. The van der Waals surface area contributed by atoms with Crippen LogP contribution in [0, 0.1) is 0 Å². The second-order valence-electron chi connectivity index (χ2n) is 7.64. The molecule has 0 bridgehead atoms. The number of benzene rings is 3. The Morgan fingerprint density at radius 1 is 0.882 bits per heavy atom. The Morgan fingerprint density at radius 2 is 1.65 bits per heavy atom. The van der Waals surface area contributed by atoms with Crippen molar-refractivity contribution in [1.29, 1.82) is 0 Å². The number of carbonyl (C=O) groups is 1. The largest absolute Gasteiger partial charge is 0.490 e. The number of hydrogen-bond donors (Lipinski definition) is 2. The molecule has 7 heteroatoms. The minimum absolute atomic E-state index is 0.0961. The molecule has 0 atom stereocenters. The van der Waals surface area contributed by atoms with E-state index < -0.39 is 0 Å². The van der Waals surface area contributed by atoms with Crippen molar-refractivity contribution in [1.82, 2.24) is 15.1 Å². The Kier molecular flexibility index (Phi) is 7.92. The summed E-state index contributed by atoms with van der Waals surface area (Å²) in [7, 11) is 0. The first-order valence-electron chi connectivity index (χ1n) is 11.2. The van der Waals surface area contributed by atoms with Crippen LogP contribution in [0.1, 0.15) is 18.1 Å². The lowest BCUT2D eigenvalue weighted by molar-refractivity contribution is -0.118. The molecule has 1 heterocycles. The normalized spacial score (nSPS) is 10.6. The van der Waals surface area contributed by atoms with Crippen LogP contribution in [0.5, 0.6) is 11.5 Å². The van der Waals surface area contributed by atoms with Crippen molar-refractivity contribution < 1.29 is 14.3 Å². The molecular formula is C27H28N4O3. The van der Waals surface area contributed by atoms with E-state index in [-0.39, 0.29) is 12.5 Å². The summed E-state index contributed by atoms with van der Waals surface area (Å²) in [6.45, 7) is 3.74. The van der Waals surface area contributed by atoms with E-state index in [0.29, 0.717) is 24.7 Å². The minimum atomic E-state index is -0.224. The standard InChI is InChI=1S/C27H28N4O3/c1-2-33-26-17-22(11-14-25(26)34-20-27(32)30-23-7-4-3-5-8-23)19-28-18-21-9-12-24(13-10-21)31-16-6-15-29-31/h3-17,28H,2,18-20H2,1H3,(H,30,32). The summed E-state index contributed by atoms with van der Waals surface area (Å²) in [6.07, 6.45) is 3.69. The summed E-state index contributed by atoms with van der Waals surface area (Å²) in [4.78, 5) is 12.2. The Labute approximate surface area is 199 Å². The number of rotatable bonds is 11. The first-order valence-corrected chi connectivity index (χ1v) is 11.2. The molecular weight excluding hydrogens is 428 g/mol. The topological polar surface area (TPSA) is 77.4 Å². The van der Waals surface area contributed by atoms with E-state index in [2.05, 4.69) is 40.0 Å². The SMILES string of the molecule is CCOc1cc(CNCc2ccc(-n3cccn3)cc2)ccc1OCC(=O)Nc1ccccc1. The smallest absolute Gasteiger partial charge is 0.262 e. The zero-order valence-electron chi connectivity index (χ0n) is 19.1. The number of aromatic nitrogens is 2. The lowest BCUT2D eigenvalue weighted by Gasteiger charge is -2.14. The molecule has 0 radical (unpaired) electrons. The van der Waals surface area contributed by atoms with Crippen LogP contribution in [0.3, 0.4) is 0 Å². The van der Waals surface area contributed by atoms with Gasteiger partial charge in [-0.3, -0.25) is 4.79 Å². The maximum atomic E-state index is 12.2. The number of anilines is 1. The number of nitrogens with one attached hydrogen (secondary N) is 2. The molecule has 174 valence electrons. The minimum Gasteiger partial charge on any atom is -0.490 e. The van der Waals surface area contributed by atoms with E-state index >= 15 is 0 Å². The number of amides is 1. The maximum absolute atomic E-state index is 12.2. The van der Waals surface area contributed by atoms with E-state index in [0.717, 1.165) is 23.5 Å². The molecule has 0 spiro atoms. The van der Waals surface area contributed by atoms with Gasteiger partial charge in [0.25, 0.3) is 5.91 Å². The van der Waals surface area contributed by atoms with Gasteiger partial charge in [-0.25, -0.2) is 4.68 Å². The molecule has 0 aliphatic carbocycles. The molecule has 4 aromatic rings. The van der Waals surface area contributed by atoms with Gasteiger partial charge in [0.2, 0.25) is 0 Å². The van der Waals surface area contributed by atoms with Gasteiger partial charge in [-0.1, -0.05) is 36.4 Å². The Hall–Kier alpha value is -4.10. The van der Waals surface area contributed by atoms with Crippen molar-refractivity contribution in [2.75, 3.05) is 18.5 Å². The van der Waals surface area contributed by atoms with Crippen LogP contribution in [0.4, 0.5) is 5.69 Å². The van der Waals surface area contributed by atoms with Crippen molar-refractivity contribution in [3.63, 3.8) is 0 Å². The highest BCUT2D eigenvalue weighted by molar-refractivity contribution is 5.91. The summed E-state index contributed by atoms with van der Waals surface area (Å²) in [6, 6.07) is 25.3. The van der Waals surface area contributed by atoms with Crippen LogP contribution in [0.2, 0.25) is 0 Å². The molecule has 2 N–H and O–H groups in total. The zero-order chi connectivity index (χ0) is 23.6. The van der Waals surface area contributed by atoms with E-state index in [1.807, 2.05) is 72.4 Å². The second kappa shape index (κ2) is 11.7. The van der Waals surface area contributed by atoms with Gasteiger partial charge in [0, 0.05) is 31.2 Å². The molecule has 0 unspecified atom stereocenters. The van der Waals surface area contributed by atoms with Crippen LogP contribution in [0.25, 0.3) is 5.69 Å². The average molecular weight is 457 g/mol. The average Bonchev–Trinajstić information content (AvgIpc) is 3.40. The summed E-state index contributed by atoms with van der Waals surface area (Å²) < 4.78 is 13.3. The molecule has 4 rings (SSSR count). The highest BCUT2D eigenvalue weighted by Crippen LogP contribution is 2.28. The summed E-state index contributed by atoms with van der Waals surface area (Å²) in [5.74, 6) is 0.943. The van der Waals surface area contributed by atoms with Crippen molar-refractivity contribution in [3.05, 3.63) is 102 Å². The summed E-state index contributed by atoms with van der Waals surface area (Å²) in [5.41, 5.74) is 4.02. The second-order valence-corrected chi connectivity index (χ2v) is 7.64. The monoisotopic (exact) mass is 456 g/mol. The van der Waals surface area contributed by atoms with Crippen LogP contribution in [0.15, 0.2) is 91.3 Å². The third kappa shape index (κ3) is 6.46. The van der Waals surface area contributed by atoms with Crippen molar-refractivity contribution in [2.24, 2.45) is 0 Å². The number of para-hydroxylation sites is 1. The Bertz CT molecular complexity index is 1180. The lowest BCUT2D eigenvalue weighted by atomic mass is 10.1. The van der Waals surface area contributed by atoms with Crippen LogP contribution >= 0.6 is 0 Å². The van der Waals surface area contributed by atoms with Gasteiger partial charge in [-0.2, -0.15) is 5.10 Å². The predicted molar refractivity (Wildman–Crippen MR) is 132 cm³/mol. The van der Waals surface area contributed by atoms with E-state index in [9.17, 15) is 4.79 Å². The number of ether oxygens (including phenoxy) is 2. The van der Waals surface area contributed by atoms with E-state index in [1.165, 1.54) is 5.56 Å². The zero-order valence-corrected chi connectivity index (χ0v) is 19.1.